The third kappa shape index (κ3) is 8.37. The van der Waals surface area contributed by atoms with E-state index in [1.807, 2.05) is 0 Å². The summed E-state index contributed by atoms with van der Waals surface area (Å²) in [6.45, 7) is 4.70. The number of aliphatic hydroxyl groups is 1. The van der Waals surface area contributed by atoms with Crippen LogP contribution in [-0.4, -0.2) is 75.7 Å². The lowest BCUT2D eigenvalue weighted by atomic mass is 10.0. The molecule has 0 aliphatic heterocycles. The van der Waals surface area contributed by atoms with E-state index < -0.39 is 54.0 Å². The molecule has 0 aromatic rings. The molecule has 5 unspecified atom stereocenters. The highest BCUT2D eigenvalue weighted by atomic mass is 32.1. The molecule has 10 nitrogen and oxygen atoms in total. The highest BCUT2D eigenvalue weighted by Crippen LogP contribution is 2.05. The number of hydrogen-bond acceptors (Lipinski definition) is 8. The van der Waals surface area contributed by atoms with Gasteiger partial charge in [-0.15, -0.1) is 0 Å². The minimum Gasteiger partial charge on any atom is -0.480 e. The first kappa shape index (κ1) is 25.5. The smallest absolute Gasteiger partial charge is 0.327 e. The third-order valence-electron chi connectivity index (χ3n) is 3.68. The summed E-state index contributed by atoms with van der Waals surface area (Å²) in [4.78, 5) is 47.7. The minimum absolute atomic E-state index is 0.0948. The van der Waals surface area contributed by atoms with Gasteiger partial charge in [-0.3, -0.25) is 14.4 Å². The Hall–Kier alpha value is -1.50. The molecular formula is C15H28N4O6S2. The molecule has 0 aromatic carbocycles. The zero-order valence-electron chi connectivity index (χ0n) is 15.4. The van der Waals surface area contributed by atoms with Crippen molar-refractivity contribution in [3.8, 4) is 0 Å². The molecule has 27 heavy (non-hydrogen) atoms. The predicted molar refractivity (Wildman–Crippen MR) is 106 cm³/mol. The van der Waals surface area contributed by atoms with Crippen LogP contribution in [0.25, 0.3) is 0 Å². The number of carboxylic acid groups (broad SMARTS) is 1. The molecule has 0 aliphatic rings. The standard InChI is InChI=1S/C15H28N4O6S2/c1-6(2)11(19-13(22)10(16)7(3)20)14(23)17-8(4-26)12(21)18-9(5-27)15(24)25/h6-11,20,26-27H,4-5,16H2,1-3H3,(H,17,23)(H,18,21)(H,19,22)(H,24,25). The van der Waals surface area contributed by atoms with Crippen molar-refractivity contribution in [3.05, 3.63) is 0 Å². The quantitative estimate of drug-likeness (QED) is 0.173. The van der Waals surface area contributed by atoms with E-state index in [1.165, 1.54) is 6.92 Å². The predicted octanol–water partition coefficient (Wildman–Crippen LogP) is -2.25. The lowest BCUT2D eigenvalue weighted by Gasteiger charge is -2.26. The molecule has 7 N–H and O–H groups in total. The number of thiol groups is 2. The molecule has 0 rings (SSSR count). The van der Waals surface area contributed by atoms with Gasteiger partial charge in [0.1, 0.15) is 24.2 Å². The number of carboxylic acids is 1. The Morgan fingerprint density at radius 3 is 1.74 bits per heavy atom. The van der Waals surface area contributed by atoms with E-state index in [4.69, 9.17) is 10.8 Å². The van der Waals surface area contributed by atoms with Crippen molar-refractivity contribution >= 4 is 48.9 Å². The molecule has 0 saturated heterocycles. The van der Waals surface area contributed by atoms with Crippen LogP contribution < -0.4 is 21.7 Å². The second kappa shape index (κ2) is 12.1. The summed E-state index contributed by atoms with van der Waals surface area (Å²) in [7, 11) is 0. The maximum Gasteiger partial charge on any atom is 0.327 e. The summed E-state index contributed by atoms with van der Waals surface area (Å²) < 4.78 is 0. The van der Waals surface area contributed by atoms with Crippen molar-refractivity contribution in [1.29, 1.82) is 0 Å². The van der Waals surface area contributed by atoms with Crippen molar-refractivity contribution in [2.75, 3.05) is 11.5 Å². The van der Waals surface area contributed by atoms with Crippen LogP contribution in [0, 0.1) is 5.92 Å². The highest BCUT2D eigenvalue weighted by molar-refractivity contribution is 7.80. The average Bonchev–Trinajstić information content (AvgIpc) is 2.59. The number of nitrogens with two attached hydrogens (primary N) is 1. The molecule has 0 fully saturated rings. The molecule has 5 atom stereocenters. The van der Waals surface area contributed by atoms with Gasteiger partial charge in [-0.1, -0.05) is 13.8 Å². The maximum atomic E-state index is 12.5. The number of rotatable bonds is 11. The Morgan fingerprint density at radius 1 is 0.889 bits per heavy atom. The molecule has 0 aromatic heterocycles. The monoisotopic (exact) mass is 424 g/mol. The van der Waals surface area contributed by atoms with Gasteiger partial charge in [0, 0.05) is 11.5 Å². The van der Waals surface area contributed by atoms with Crippen LogP contribution in [0.1, 0.15) is 20.8 Å². The summed E-state index contributed by atoms with van der Waals surface area (Å²) in [5.41, 5.74) is 5.55. The highest BCUT2D eigenvalue weighted by Gasteiger charge is 2.31. The lowest BCUT2D eigenvalue weighted by Crippen LogP contribution is -2.59. The van der Waals surface area contributed by atoms with Crippen molar-refractivity contribution in [3.63, 3.8) is 0 Å². The van der Waals surface area contributed by atoms with Gasteiger partial charge in [0.25, 0.3) is 0 Å². The normalized spacial score (nSPS) is 16.6. The van der Waals surface area contributed by atoms with Crippen LogP contribution >= 0.6 is 25.3 Å². The SMILES string of the molecule is CC(C)C(NC(=O)C(N)C(C)O)C(=O)NC(CS)C(=O)NC(CS)C(=O)O. The molecular weight excluding hydrogens is 396 g/mol. The summed E-state index contributed by atoms with van der Waals surface area (Å²) in [5, 5.41) is 25.5. The van der Waals surface area contributed by atoms with Gasteiger partial charge in [-0.05, 0) is 12.8 Å². The number of amides is 3. The van der Waals surface area contributed by atoms with Gasteiger partial charge >= 0.3 is 5.97 Å². The Kier molecular flexibility index (Phi) is 11.4. The molecule has 3 amide bonds. The zero-order chi connectivity index (χ0) is 21.3. The van der Waals surface area contributed by atoms with Gasteiger partial charge in [0.2, 0.25) is 17.7 Å². The molecule has 12 heteroatoms. The fraction of sp³-hybridized carbons (Fsp3) is 0.733. The second-order valence-electron chi connectivity index (χ2n) is 6.32. The van der Waals surface area contributed by atoms with Crippen molar-refractivity contribution in [2.45, 2.75) is 51.0 Å². The van der Waals surface area contributed by atoms with Gasteiger partial charge in [0.05, 0.1) is 6.10 Å². The van der Waals surface area contributed by atoms with Gasteiger partial charge in [0.15, 0.2) is 0 Å². The fourth-order valence-electron chi connectivity index (χ4n) is 1.92. The van der Waals surface area contributed by atoms with Crippen molar-refractivity contribution in [1.82, 2.24) is 16.0 Å². The van der Waals surface area contributed by atoms with E-state index in [0.29, 0.717) is 0 Å². The number of aliphatic carboxylic acids is 1. The molecule has 0 saturated carbocycles. The van der Waals surface area contributed by atoms with Gasteiger partial charge < -0.3 is 31.9 Å². The third-order valence-corrected chi connectivity index (χ3v) is 4.41. The largest absolute Gasteiger partial charge is 0.480 e. The first-order chi connectivity index (χ1) is 12.5. The van der Waals surface area contributed by atoms with E-state index >= 15 is 0 Å². The van der Waals surface area contributed by atoms with Crippen LogP contribution in [0.3, 0.4) is 0 Å². The Morgan fingerprint density at radius 2 is 1.37 bits per heavy atom. The minimum atomic E-state index is -1.26. The van der Waals surface area contributed by atoms with Crippen molar-refractivity contribution in [2.24, 2.45) is 11.7 Å². The topological polar surface area (TPSA) is 171 Å². The van der Waals surface area contributed by atoms with E-state index in [-0.39, 0.29) is 17.4 Å². The lowest BCUT2D eigenvalue weighted by molar-refractivity contribution is -0.141. The first-order valence-corrected chi connectivity index (χ1v) is 9.51. The van der Waals surface area contributed by atoms with Crippen LogP contribution in [0.2, 0.25) is 0 Å². The summed E-state index contributed by atoms with van der Waals surface area (Å²) in [5.74, 6) is -3.95. The molecule has 0 aliphatic carbocycles. The van der Waals surface area contributed by atoms with E-state index in [2.05, 4.69) is 41.2 Å². The summed E-state index contributed by atoms with van der Waals surface area (Å²) >= 11 is 7.85. The van der Waals surface area contributed by atoms with Crippen LogP contribution in [0.15, 0.2) is 0 Å². The first-order valence-electron chi connectivity index (χ1n) is 8.25. The fourth-order valence-corrected chi connectivity index (χ4v) is 2.42. The molecule has 0 radical (unpaired) electrons. The maximum absolute atomic E-state index is 12.5. The van der Waals surface area contributed by atoms with Gasteiger partial charge in [-0.2, -0.15) is 25.3 Å². The van der Waals surface area contributed by atoms with Crippen molar-refractivity contribution < 1.29 is 29.4 Å². The summed E-state index contributed by atoms with van der Waals surface area (Å²) in [6, 6.07) is -4.57. The van der Waals surface area contributed by atoms with Crippen LogP contribution in [0.5, 0.6) is 0 Å². The van der Waals surface area contributed by atoms with Gasteiger partial charge in [-0.25, -0.2) is 4.79 Å². The Bertz CT molecular complexity index is 546. The van der Waals surface area contributed by atoms with Crippen LogP contribution in [0.4, 0.5) is 0 Å². The average molecular weight is 425 g/mol. The number of carbonyl (C=O) groups is 4. The van der Waals surface area contributed by atoms with Crippen LogP contribution in [-0.2, 0) is 19.2 Å². The number of nitrogens with one attached hydrogen (secondary N) is 3. The number of carbonyl (C=O) groups excluding carboxylic acids is 3. The molecule has 0 spiro atoms. The molecule has 0 bridgehead atoms. The second-order valence-corrected chi connectivity index (χ2v) is 7.05. The molecule has 0 heterocycles. The summed E-state index contributed by atoms with van der Waals surface area (Å²) in [6.07, 6.45) is -1.11. The zero-order valence-corrected chi connectivity index (χ0v) is 17.2. The number of hydrogen-bond donors (Lipinski definition) is 8. The van der Waals surface area contributed by atoms with E-state index in [9.17, 15) is 24.3 Å². The Balaban J connectivity index is 5.10. The molecule has 156 valence electrons. The number of aliphatic hydroxyl groups excluding tert-OH is 1. The van der Waals surface area contributed by atoms with E-state index in [1.54, 1.807) is 13.8 Å². The Labute approximate surface area is 168 Å². The van der Waals surface area contributed by atoms with E-state index in [0.717, 1.165) is 0 Å².